The number of nitrogens with one attached hydrogen (secondary N) is 1. The van der Waals surface area contributed by atoms with E-state index in [2.05, 4.69) is 24.1 Å². The predicted octanol–water partition coefficient (Wildman–Crippen LogP) is 1.88. The third kappa shape index (κ3) is 2.67. The molecule has 2 aliphatic rings. The molecule has 0 aromatic carbocycles. The average molecular weight is 240 g/mol. The second-order valence-electron chi connectivity index (χ2n) is 5.90. The first-order valence-corrected chi connectivity index (χ1v) is 7.22. The minimum Gasteiger partial charge on any atom is -0.378 e. The van der Waals surface area contributed by atoms with E-state index >= 15 is 0 Å². The van der Waals surface area contributed by atoms with Crippen molar-refractivity contribution >= 4 is 0 Å². The van der Waals surface area contributed by atoms with Crippen molar-refractivity contribution in [1.29, 1.82) is 0 Å². The van der Waals surface area contributed by atoms with Crippen LogP contribution in [0.5, 0.6) is 0 Å². The third-order valence-corrected chi connectivity index (χ3v) is 4.54. The molecular weight excluding hydrogens is 212 g/mol. The van der Waals surface area contributed by atoms with Crippen molar-refractivity contribution in [3.63, 3.8) is 0 Å². The number of ether oxygens (including phenoxy) is 1. The Labute approximate surface area is 106 Å². The Kier molecular flexibility index (Phi) is 4.45. The second-order valence-corrected chi connectivity index (χ2v) is 5.90. The maximum atomic E-state index is 5.56. The van der Waals surface area contributed by atoms with Crippen LogP contribution in [-0.2, 0) is 4.74 Å². The fraction of sp³-hybridized carbons (Fsp3) is 1.00. The van der Waals surface area contributed by atoms with Crippen LogP contribution in [0.25, 0.3) is 0 Å². The highest BCUT2D eigenvalue weighted by Gasteiger charge is 2.46. The van der Waals surface area contributed by atoms with Crippen LogP contribution in [0.2, 0.25) is 0 Å². The zero-order valence-electron chi connectivity index (χ0n) is 11.7. The molecule has 2 aliphatic heterocycles. The van der Waals surface area contributed by atoms with Crippen LogP contribution < -0.4 is 5.32 Å². The fourth-order valence-electron chi connectivity index (χ4n) is 3.80. The van der Waals surface area contributed by atoms with Gasteiger partial charge in [-0.2, -0.15) is 0 Å². The van der Waals surface area contributed by atoms with Gasteiger partial charge in [0.1, 0.15) is 0 Å². The molecule has 0 spiro atoms. The summed E-state index contributed by atoms with van der Waals surface area (Å²) in [5.41, 5.74) is 0.629. The van der Waals surface area contributed by atoms with E-state index < -0.39 is 0 Å². The van der Waals surface area contributed by atoms with Crippen LogP contribution >= 0.6 is 0 Å². The Balaban J connectivity index is 1.87. The van der Waals surface area contributed by atoms with E-state index in [1.54, 1.807) is 0 Å². The van der Waals surface area contributed by atoms with Gasteiger partial charge in [0.2, 0.25) is 0 Å². The summed E-state index contributed by atoms with van der Waals surface area (Å²) in [5.74, 6) is 0. The van der Waals surface area contributed by atoms with E-state index in [4.69, 9.17) is 4.74 Å². The predicted molar refractivity (Wildman–Crippen MR) is 71.3 cm³/mol. The van der Waals surface area contributed by atoms with E-state index in [1.165, 1.54) is 38.8 Å². The standard InChI is InChI=1S/C14H28N2O/c1-4-6-14(7-5-2)10-16(11-14)12-8-15-9-13(12)17-3/h12-13,15H,4-11H2,1-3H3/t12?,13-/m0/s1. The molecule has 17 heavy (non-hydrogen) atoms. The van der Waals surface area contributed by atoms with Crippen LogP contribution in [0.4, 0.5) is 0 Å². The van der Waals surface area contributed by atoms with Crippen molar-refractivity contribution in [2.45, 2.75) is 51.7 Å². The van der Waals surface area contributed by atoms with E-state index in [-0.39, 0.29) is 0 Å². The van der Waals surface area contributed by atoms with Gasteiger partial charge in [-0.25, -0.2) is 0 Å². The van der Waals surface area contributed by atoms with Gasteiger partial charge in [0.25, 0.3) is 0 Å². The molecule has 100 valence electrons. The van der Waals surface area contributed by atoms with Crippen molar-refractivity contribution in [3.8, 4) is 0 Å². The van der Waals surface area contributed by atoms with Gasteiger partial charge in [0, 0.05) is 39.3 Å². The van der Waals surface area contributed by atoms with Gasteiger partial charge in [-0.05, 0) is 18.3 Å². The van der Waals surface area contributed by atoms with Crippen LogP contribution in [0.15, 0.2) is 0 Å². The molecule has 0 saturated carbocycles. The molecule has 2 atom stereocenters. The molecule has 0 radical (unpaired) electrons. The zero-order chi connectivity index (χ0) is 12.3. The number of likely N-dealkylation sites (tertiary alicyclic amines) is 1. The Morgan fingerprint density at radius 1 is 1.18 bits per heavy atom. The molecule has 0 aliphatic carbocycles. The van der Waals surface area contributed by atoms with Crippen molar-refractivity contribution in [2.24, 2.45) is 5.41 Å². The lowest BCUT2D eigenvalue weighted by Gasteiger charge is -2.54. The minimum atomic E-state index is 0.399. The molecule has 2 fully saturated rings. The Bertz CT molecular complexity index is 230. The SMILES string of the molecule is CCCC1(CCC)CN(C2CNC[C@@H]2OC)C1. The molecule has 0 bridgehead atoms. The largest absolute Gasteiger partial charge is 0.378 e. The normalized spacial score (nSPS) is 32.6. The van der Waals surface area contributed by atoms with Crippen LogP contribution in [0.3, 0.4) is 0 Å². The lowest BCUT2D eigenvalue weighted by atomic mass is 9.72. The summed E-state index contributed by atoms with van der Waals surface area (Å²) >= 11 is 0. The summed E-state index contributed by atoms with van der Waals surface area (Å²) in [5, 5.41) is 3.45. The lowest BCUT2D eigenvalue weighted by molar-refractivity contribution is -0.0715. The van der Waals surface area contributed by atoms with Crippen molar-refractivity contribution in [3.05, 3.63) is 0 Å². The molecule has 2 saturated heterocycles. The lowest BCUT2D eigenvalue weighted by Crippen LogP contribution is -2.62. The Morgan fingerprint density at radius 2 is 1.82 bits per heavy atom. The van der Waals surface area contributed by atoms with Gasteiger partial charge in [0.05, 0.1) is 6.10 Å². The molecule has 1 unspecified atom stereocenters. The van der Waals surface area contributed by atoms with Crippen LogP contribution in [0.1, 0.15) is 39.5 Å². The van der Waals surface area contributed by atoms with E-state index in [0.717, 1.165) is 13.1 Å². The Hall–Kier alpha value is -0.120. The summed E-state index contributed by atoms with van der Waals surface area (Å²) in [6, 6.07) is 0.613. The number of hydrogen-bond donors (Lipinski definition) is 1. The highest BCUT2D eigenvalue weighted by Crippen LogP contribution is 2.41. The summed E-state index contributed by atoms with van der Waals surface area (Å²) in [6.45, 7) is 9.34. The molecule has 0 aromatic heterocycles. The highest BCUT2D eigenvalue weighted by molar-refractivity contribution is 5.01. The zero-order valence-corrected chi connectivity index (χ0v) is 11.7. The third-order valence-electron chi connectivity index (χ3n) is 4.54. The number of hydrogen-bond acceptors (Lipinski definition) is 3. The minimum absolute atomic E-state index is 0.399. The van der Waals surface area contributed by atoms with Crippen molar-refractivity contribution < 1.29 is 4.74 Å². The second kappa shape index (κ2) is 5.68. The van der Waals surface area contributed by atoms with Gasteiger partial charge in [-0.1, -0.05) is 26.7 Å². The molecule has 0 aromatic rings. The van der Waals surface area contributed by atoms with Gasteiger partial charge in [0.15, 0.2) is 0 Å². The summed E-state index contributed by atoms with van der Waals surface area (Å²) in [6.07, 6.45) is 5.84. The van der Waals surface area contributed by atoms with Gasteiger partial charge < -0.3 is 10.1 Å². The molecule has 1 N–H and O–H groups in total. The summed E-state index contributed by atoms with van der Waals surface area (Å²) < 4.78 is 5.56. The first kappa shape index (κ1) is 13.3. The van der Waals surface area contributed by atoms with Crippen molar-refractivity contribution in [1.82, 2.24) is 10.2 Å². The van der Waals surface area contributed by atoms with E-state index in [1.807, 2.05) is 7.11 Å². The number of methoxy groups -OCH3 is 1. The molecular formula is C14H28N2O. The highest BCUT2D eigenvalue weighted by atomic mass is 16.5. The smallest absolute Gasteiger partial charge is 0.0862 e. The van der Waals surface area contributed by atoms with Crippen molar-refractivity contribution in [2.75, 3.05) is 33.3 Å². The first-order valence-electron chi connectivity index (χ1n) is 7.22. The van der Waals surface area contributed by atoms with Crippen LogP contribution in [0, 0.1) is 5.41 Å². The average Bonchev–Trinajstić information content (AvgIpc) is 2.73. The number of rotatable bonds is 6. The maximum absolute atomic E-state index is 5.56. The first-order chi connectivity index (χ1) is 8.24. The fourth-order valence-corrected chi connectivity index (χ4v) is 3.80. The van der Waals surface area contributed by atoms with Gasteiger partial charge in [-0.3, -0.25) is 4.90 Å². The molecule has 0 amide bonds. The summed E-state index contributed by atoms with van der Waals surface area (Å²) in [4.78, 5) is 2.64. The topological polar surface area (TPSA) is 24.5 Å². The van der Waals surface area contributed by atoms with E-state index in [0.29, 0.717) is 17.6 Å². The van der Waals surface area contributed by atoms with Crippen LogP contribution in [-0.4, -0.2) is 50.3 Å². The molecule has 3 nitrogen and oxygen atoms in total. The molecule has 3 heteroatoms. The molecule has 2 heterocycles. The quantitative estimate of drug-likeness (QED) is 0.767. The van der Waals surface area contributed by atoms with Gasteiger partial charge >= 0.3 is 0 Å². The summed E-state index contributed by atoms with van der Waals surface area (Å²) in [7, 11) is 1.84. The number of nitrogens with zero attached hydrogens (tertiary/aromatic N) is 1. The monoisotopic (exact) mass is 240 g/mol. The Morgan fingerprint density at radius 3 is 2.35 bits per heavy atom. The van der Waals surface area contributed by atoms with Gasteiger partial charge in [-0.15, -0.1) is 0 Å². The molecule has 2 rings (SSSR count). The van der Waals surface area contributed by atoms with E-state index in [9.17, 15) is 0 Å². The maximum Gasteiger partial charge on any atom is 0.0862 e.